The second-order valence-electron chi connectivity index (χ2n) is 6.36. The first kappa shape index (κ1) is 22.9. The van der Waals surface area contributed by atoms with Crippen molar-refractivity contribution in [1.82, 2.24) is 5.32 Å². The van der Waals surface area contributed by atoms with Gasteiger partial charge < -0.3 is 30.5 Å². The first-order valence-electron chi connectivity index (χ1n) is 9.40. The van der Waals surface area contributed by atoms with Crippen LogP contribution in [-0.4, -0.2) is 60.9 Å². The second-order valence-corrected chi connectivity index (χ2v) is 6.36. The lowest BCUT2D eigenvalue weighted by atomic mass is 10.2. The van der Waals surface area contributed by atoms with E-state index in [9.17, 15) is 4.79 Å². The highest BCUT2D eigenvalue weighted by Gasteiger charge is 2.15. The number of carbonyl (C=O) groups excluding carboxylic acids is 1. The van der Waals surface area contributed by atoms with E-state index in [4.69, 9.17) is 24.5 Å². The molecule has 0 spiro atoms. The summed E-state index contributed by atoms with van der Waals surface area (Å²) in [5, 5.41) is 21.0. The summed E-state index contributed by atoms with van der Waals surface area (Å²) in [4.78, 5) is 32.7. The van der Waals surface area contributed by atoms with Crippen LogP contribution in [0.3, 0.4) is 0 Å². The van der Waals surface area contributed by atoms with Crippen molar-refractivity contribution in [3.05, 3.63) is 60.2 Å². The van der Waals surface area contributed by atoms with Crippen molar-refractivity contribution in [3.8, 4) is 0 Å². The molecule has 1 amide bonds. The van der Waals surface area contributed by atoms with Gasteiger partial charge in [-0.2, -0.15) is 0 Å². The largest absolute Gasteiger partial charge is 0.473 e. The summed E-state index contributed by atoms with van der Waals surface area (Å²) in [6.07, 6.45) is 0. The molecular formula is C21H25N3O6. The molecule has 9 nitrogen and oxygen atoms in total. The van der Waals surface area contributed by atoms with E-state index in [-0.39, 0.29) is 12.5 Å². The lowest BCUT2D eigenvalue weighted by Gasteiger charge is -2.30. The van der Waals surface area contributed by atoms with Crippen molar-refractivity contribution in [2.45, 2.75) is 6.54 Å². The Morgan fingerprint density at radius 3 is 2.13 bits per heavy atom. The summed E-state index contributed by atoms with van der Waals surface area (Å²) in [5.74, 6) is -3.68. The molecule has 0 unspecified atom stereocenters. The monoisotopic (exact) mass is 415 g/mol. The topological polar surface area (TPSA) is 128 Å². The van der Waals surface area contributed by atoms with Crippen molar-refractivity contribution in [2.24, 2.45) is 0 Å². The molecule has 30 heavy (non-hydrogen) atoms. The number of carboxylic acid groups (broad SMARTS) is 2. The average molecular weight is 415 g/mol. The third kappa shape index (κ3) is 7.90. The van der Waals surface area contributed by atoms with Crippen LogP contribution in [0, 0.1) is 0 Å². The highest BCUT2D eigenvalue weighted by atomic mass is 16.5. The molecule has 2 aromatic rings. The number of hydrogen-bond donors (Lipinski definition) is 4. The maximum Gasteiger partial charge on any atom is 0.414 e. The fourth-order valence-electron chi connectivity index (χ4n) is 2.77. The number of rotatable bonds is 6. The molecule has 1 fully saturated rings. The number of amides is 1. The van der Waals surface area contributed by atoms with Crippen LogP contribution in [0.15, 0.2) is 54.6 Å². The first-order valence-corrected chi connectivity index (χ1v) is 9.40. The molecular weight excluding hydrogens is 390 g/mol. The maximum atomic E-state index is 12.2. The number of hydrogen-bond acceptors (Lipinski definition) is 6. The van der Waals surface area contributed by atoms with Crippen LogP contribution in [0.25, 0.3) is 0 Å². The summed E-state index contributed by atoms with van der Waals surface area (Å²) in [5.41, 5.74) is 3.07. The van der Waals surface area contributed by atoms with Gasteiger partial charge in [0.05, 0.1) is 31.1 Å². The van der Waals surface area contributed by atoms with Gasteiger partial charge in [-0.3, -0.25) is 4.79 Å². The van der Waals surface area contributed by atoms with Crippen molar-refractivity contribution in [1.29, 1.82) is 0 Å². The predicted octanol–water partition coefficient (Wildman–Crippen LogP) is 1.41. The fourth-order valence-corrected chi connectivity index (χ4v) is 2.77. The highest BCUT2D eigenvalue weighted by molar-refractivity contribution is 6.27. The lowest BCUT2D eigenvalue weighted by molar-refractivity contribution is -0.159. The molecule has 4 N–H and O–H groups in total. The molecule has 2 aromatic carbocycles. The van der Waals surface area contributed by atoms with Crippen LogP contribution in [-0.2, 0) is 25.7 Å². The van der Waals surface area contributed by atoms with E-state index < -0.39 is 11.9 Å². The van der Waals surface area contributed by atoms with Gasteiger partial charge in [0.1, 0.15) is 0 Å². The highest BCUT2D eigenvalue weighted by Crippen LogP contribution is 2.26. The minimum atomic E-state index is -1.82. The quantitative estimate of drug-likeness (QED) is 0.522. The van der Waals surface area contributed by atoms with E-state index in [1.54, 1.807) is 0 Å². The van der Waals surface area contributed by atoms with Gasteiger partial charge in [-0.15, -0.1) is 0 Å². The molecule has 1 heterocycles. The molecule has 1 aliphatic heterocycles. The Kier molecular flexibility index (Phi) is 9.29. The maximum absolute atomic E-state index is 12.2. The van der Waals surface area contributed by atoms with Crippen LogP contribution in [0.5, 0.6) is 0 Å². The Bertz CT molecular complexity index is 826. The number of para-hydroxylation sites is 2. The number of carboxylic acids is 2. The number of aliphatic carboxylic acids is 2. The fraction of sp³-hybridized carbons (Fsp3) is 0.286. The smallest absolute Gasteiger partial charge is 0.414 e. The van der Waals surface area contributed by atoms with Crippen molar-refractivity contribution in [3.63, 3.8) is 0 Å². The van der Waals surface area contributed by atoms with Crippen LogP contribution in [0.2, 0.25) is 0 Å². The Balaban J connectivity index is 0.000000469. The molecule has 0 aliphatic carbocycles. The van der Waals surface area contributed by atoms with Gasteiger partial charge in [-0.25, -0.2) is 9.59 Å². The van der Waals surface area contributed by atoms with Gasteiger partial charge in [0.2, 0.25) is 5.91 Å². The number of morpholine rings is 1. The number of benzene rings is 2. The molecule has 160 valence electrons. The third-order valence-corrected chi connectivity index (χ3v) is 4.17. The normalized spacial score (nSPS) is 13.0. The van der Waals surface area contributed by atoms with E-state index in [0.29, 0.717) is 6.54 Å². The molecule has 3 rings (SSSR count). The van der Waals surface area contributed by atoms with E-state index in [0.717, 1.165) is 37.7 Å². The van der Waals surface area contributed by atoms with Crippen molar-refractivity contribution in [2.75, 3.05) is 43.1 Å². The zero-order valence-corrected chi connectivity index (χ0v) is 16.4. The molecule has 0 bridgehead atoms. The number of anilines is 2. The number of carbonyl (C=O) groups is 3. The molecule has 9 heteroatoms. The zero-order chi connectivity index (χ0) is 21.8. The molecule has 1 aliphatic rings. The van der Waals surface area contributed by atoms with Crippen molar-refractivity contribution < 1.29 is 29.3 Å². The molecule has 0 saturated carbocycles. The summed E-state index contributed by atoms with van der Waals surface area (Å²) < 4.78 is 5.40. The summed E-state index contributed by atoms with van der Waals surface area (Å²) in [6, 6.07) is 18.0. The van der Waals surface area contributed by atoms with Gasteiger partial charge in [-0.1, -0.05) is 42.5 Å². The number of ether oxygens (including phenoxy) is 1. The zero-order valence-electron chi connectivity index (χ0n) is 16.4. The standard InChI is InChI=1S/C19H23N3O2.C2H2O4/c23-19(15-20-14-16-6-2-1-3-7-16)21-17-8-4-5-9-18(17)22-10-12-24-13-11-22;3-1(4)2(5)6/h1-9,20H,10-15H2,(H,21,23);(H,3,4)(H,5,6). The van der Waals surface area contributed by atoms with Crippen LogP contribution >= 0.6 is 0 Å². The first-order chi connectivity index (χ1) is 14.5. The Morgan fingerprint density at radius 2 is 1.50 bits per heavy atom. The molecule has 0 atom stereocenters. The summed E-state index contributed by atoms with van der Waals surface area (Å²) in [7, 11) is 0. The minimum Gasteiger partial charge on any atom is -0.473 e. The van der Waals surface area contributed by atoms with Gasteiger partial charge in [0.25, 0.3) is 0 Å². The molecule has 0 radical (unpaired) electrons. The van der Waals surface area contributed by atoms with E-state index >= 15 is 0 Å². The Labute approximate surface area is 174 Å². The summed E-state index contributed by atoms with van der Waals surface area (Å²) in [6.45, 7) is 4.10. The van der Waals surface area contributed by atoms with Gasteiger partial charge in [0.15, 0.2) is 0 Å². The van der Waals surface area contributed by atoms with E-state index in [1.807, 2.05) is 54.6 Å². The second kappa shape index (κ2) is 12.2. The average Bonchev–Trinajstić information content (AvgIpc) is 2.76. The lowest BCUT2D eigenvalue weighted by Crippen LogP contribution is -2.37. The van der Waals surface area contributed by atoms with Crippen molar-refractivity contribution >= 4 is 29.2 Å². The van der Waals surface area contributed by atoms with Crippen LogP contribution in [0.4, 0.5) is 11.4 Å². The summed E-state index contributed by atoms with van der Waals surface area (Å²) >= 11 is 0. The number of nitrogens with zero attached hydrogens (tertiary/aromatic N) is 1. The molecule has 0 aromatic heterocycles. The SMILES string of the molecule is O=C(CNCc1ccccc1)Nc1ccccc1N1CCOCC1.O=C(O)C(=O)O. The minimum absolute atomic E-state index is 0.0355. The van der Waals surface area contributed by atoms with E-state index in [2.05, 4.69) is 15.5 Å². The number of nitrogens with one attached hydrogen (secondary N) is 2. The van der Waals surface area contributed by atoms with Gasteiger partial charge in [0, 0.05) is 19.6 Å². The van der Waals surface area contributed by atoms with Gasteiger partial charge >= 0.3 is 11.9 Å². The van der Waals surface area contributed by atoms with Gasteiger partial charge in [-0.05, 0) is 17.7 Å². The predicted molar refractivity (Wildman–Crippen MR) is 112 cm³/mol. The van der Waals surface area contributed by atoms with Crippen LogP contribution < -0.4 is 15.5 Å². The Hall–Kier alpha value is -3.43. The molecule has 1 saturated heterocycles. The van der Waals surface area contributed by atoms with E-state index in [1.165, 1.54) is 5.56 Å². The Morgan fingerprint density at radius 1 is 0.900 bits per heavy atom. The van der Waals surface area contributed by atoms with Crippen LogP contribution in [0.1, 0.15) is 5.56 Å². The third-order valence-electron chi connectivity index (χ3n) is 4.17.